The van der Waals surface area contributed by atoms with E-state index in [2.05, 4.69) is 16.0 Å². The molecule has 0 amide bonds. The number of rotatable bonds is 4. The van der Waals surface area contributed by atoms with E-state index in [9.17, 15) is 5.26 Å². The lowest BCUT2D eigenvalue weighted by atomic mass is 10.1. The Morgan fingerprint density at radius 3 is 2.50 bits per heavy atom. The first-order chi connectivity index (χ1) is 14.8. The first kappa shape index (κ1) is 18.0. The lowest BCUT2D eigenvalue weighted by Gasteiger charge is -2.00. The monoisotopic (exact) mass is 405 g/mol. The van der Waals surface area contributed by atoms with Crippen molar-refractivity contribution in [1.29, 1.82) is 5.26 Å². The summed E-state index contributed by atoms with van der Waals surface area (Å²) in [5, 5.41) is 15.4. The predicted octanol–water partition coefficient (Wildman–Crippen LogP) is 5.61. The molecule has 30 heavy (non-hydrogen) atoms. The van der Waals surface area contributed by atoms with Crippen molar-refractivity contribution in [3.05, 3.63) is 95.9 Å². The summed E-state index contributed by atoms with van der Waals surface area (Å²) >= 11 is 1.51. The van der Waals surface area contributed by atoms with E-state index in [0.29, 0.717) is 10.6 Å². The summed E-state index contributed by atoms with van der Waals surface area (Å²) in [6.07, 6.45) is 7.28. The van der Waals surface area contributed by atoms with Crippen molar-refractivity contribution in [2.75, 3.05) is 0 Å². The largest absolute Gasteiger partial charge is 0.265 e. The number of hydrogen-bond donors (Lipinski definition) is 0. The molecule has 0 fully saturated rings. The molecule has 0 unspecified atom stereocenters. The zero-order valence-corrected chi connectivity index (χ0v) is 16.6. The highest BCUT2D eigenvalue weighted by Gasteiger charge is 2.14. The van der Waals surface area contributed by atoms with Gasteiger partial charge in [-0.2, -0.15) is 10.4 Å². The number of benzene rings is 2. The van der Waals surface area contributed by atoms with E-state index in [1.807, 2.05) is 83.7 Å². The van der Waals surface area contributed by atoms with Crippen LogP contribution in [-0.2, 0) is 0 Å². The lowest BCUT2D eigenvalue weighted by Crippen LogP contribution is -1.93. The van der Waals surface area contributed by atoms with E-state index in [0.717, 1.165) is 32.7 Å². The SMILES string of the molecule is N#C/C(=C/c1cn(-c2ccccc2)nc1-c1ccncc1)c1nc2ccccc2s1. The van der Waals surface area contributed by atoms with Crippen LogP contribution in [0.1, 0.15) is 10.6 Å². The Labute approximate surface area is 177 Å². The van der Waals surface area contributed by atoms with Gasteiger partial charge in [-0.25, -0.2) is 9.67 Å². The molecule has 0 spiro atoms. The number of aromatic nitrogens is 4. The topological polar surface area (TPSA) is 67.4 Å². The van der Waals surface area contributed by atoms with Crippen LogP contribution in [0.2, 0.25) is 0 Å². The maximum absolute atomic E-state index is 9.86. The van der Waals surface area contributed by atoms with Crippen molar-refractivity contribution in [2.24, 2.45) is 0 Å². The molecule has 3 aromatic heterocycles. The summed E-state index contributed by atoms with van der Waals surface area (Å²) < 4.78 is 2.89. The maximum atomic E-state index is 9.86. The van der Waals surface area contributed by atoms with E-state index in [1.165, 1.54) is 11.3 Å². The van der Waals surface area contributed by atoms with Gasteiger partial charge in [-0.05, 0) is 42.5 Å². The molecule has 0 bridgehead atoms. The van der Waals surface area contributed by atoms with Crippen molar-refractivity contribution < 1.29 is 0 Å². The molecule has 5 aromatic rings. The predicted molar refractivity (Wildman–Crippen MR) is 120 cm³/mol. The van der Waals surface area contributed by atoms with Gasteiger partial charge in [0.15, 0.2) is 0 Å². The van der Waals surface area contributed by atoms with Gasteiger partial charge in [-0.15, -0.1) is 11.3 Å². The van der Waals surface area contributed by atoms with E-state index in [4.69, 9.17) is 5.10 Å². The second kappa shape index (κ2) is 7.74. The van der Waals surface area contributed by atoms with E-state index in [1.54, 1.807) is 12.4 Å². The van der Waals surface area contributed by atoms with Gasteiger partial charge < -0.3 is 0 Å². The molecule has 0 atom stereocenters. The smallest absolute Gasteiger partial charge is 0.135 e. The van der Waals surface area contributed by atoms with Crippen LogP contribution in [0.15, 0.2) is 85.3 Å². The number of para-hydroxylation sites is 2. The number of pyridine rings is 1. The average molecular weight is 405 g/mol. The molecule has 0 aliphatic carbocycles. The van der Waals surface area contributed by atoms with Crippen molar-refractivity contribution >= 4 is 33.2 Å². The highest BCUT2D eigenvalue weighted by atomic mass is 32.1. The molecule has 6 heteroatoms. The molecule has 0 saturated heterocycles. The van der Waals surface area contributed by atoms with Gasteiger partial charge in [0.25, 0.3) is 0 Å². The standard InChI is InChI=1S/C24H15N5S/c25-15-18(24-27-21-8-4-5-9-22(21)30-24)14-19-16-29(20-6-2-1-3-7-20)28-23(19)17-10-12-26-13-11-17/h1-14,16H/b18-14-. The molecule has 5 rings (SSSR count). The summed E-state index contributed by atoms with van der Waals surface area (Å²) in [6, 6.07) is 24.0. The number of hydrogen-bond acceptors (Lipinski definition) is 5. The Bertz CT molecular complexity index is 1360. The zero-order valence-electron chi connectivity index (χ0n) is 15.8. The van der Waals surface area contributed by atoms with Crippen molar-refractivity contribution in [2.45, 2.75) is 0 Å². The second-order valence-electron chi connectivity index (χ2n) is 6.61. The molecule has 0 aliphatic rings. The van der Waals surface area contributed by atoms with Gasteiger partial charge in [0.2, 0.25) is 0 Å². The molecule has 0 radical (unpaired) electrons. The average Bonchev–Trinajstić information content (AvgIpc) is 3.43. The van der Waals surface area contributed by atoms with Gasteiger partial charge in [-0.3, -0.25) is 4.98 Å². The molecular formula is C24H15N5S. The molecule has 0 saturated carbocycles. The van der Waals surface area contributed by atoms with Crippen LogP contribution in [0.25, 0.3) is 38.8 Å². The van der Waals surface area contributed by atoms with Crippen molar-refractivity contribution in [3.8, 4) is 23.0 Å². The Kier molecular flexibility index (Phi) is 4.64. The molecule has 5 nitrogen and oxygen atoms in total. The fraction of sp³-hybridized carbons (Fsp3) is 0. The van der Waals surface area contributed by atoms with Crippen LogP contribution in [-0.4, -0.2) is 19.7 Å². The number of allylic oxidation sites excluding steroid dienone is 1. The zero-order chi connectivity index (χ0) is 20.3. The molecule has 142 valence electrons. The van der Waals surface area contributed by atoms with Crippen LogP contribution < -0.4 is 0 Å². The maximum Gasteiger partial charge on any atom is 0.135 e. The van der Waals surface area contributed by atoms with Crippen molar-refractivity contribution in [1.82, 2.24) is 19.7 Å². The first-order valence-electron chi connectivity index (χ1n) is 9.35. The van der Waals surface area contributed by atoms with Crippen LogP contribution in [0.3, 0.4) is 0 Å². The number of nitriles is 1. The Balaban J connectivity index is 1.66. The highest BCUT2D eigenvalue weighted by molar-refractivity contribution is 7.19. The third-order valence-electron chi connectivity index (χ3n) is 4.66. The third-order valence-corrected chi connectivity index (χ3v) is 5.73. The van der Waals surface area contributed by atoms with E-state index in [-0.39, 0.29) is 0 Å². The minimum atomic E-state index is 0.513. The minimum absolute atomic E-state index is 0.513. The first-order valence-corrected chi connectivity index (χ1v) is 10.2. The fourth-order valence-electron chi connectivity index (χ4n) is 3.22. The Morgan fingerprint density at radius 2 is 1.73 bits per heavy atom. The van der Waals surface area contributed by atoms with Gasteiger partial charge in [0, 0.05) is 29.7 Å². The van der Waals surface area contributed by atoms with Gasteiger partial charge in [0.1, 0.15) is 16.8 Å². The number of nitrogens with zero attached hydrogens (tertiary/aromatic N) is 5. The summed E-state index contributed by atoms with van der Waals surface area (Å²) in [4.78, 5) is 8.74. The second-order valence-corrected chi connectivity index (χ2v) is 7.64. The van der Waals surface area contributed by atoms with Crippen LogP contribution in [0, 0.1) is 11.3 Å². The number of thiazole rings is 1. The minimum Gasteiger partial charge on any atom is -0.265 e. The summed E-state index contributed by atoms with van der Waals surface area (Å²) in [5.41, 5.74) is 4.93. The van der Waals surface area contributed by atoms with Crippen LogP contribution in [0.4, 0.5) is 0 Å². The van der Waals surface area contributed by atoms with Gasteiger partial charge in [0.05, 0.1) is 21.5 Å². The quantitative estimate of drug-likeness (QED) is 0.365. The van der Waals surface area contributed by atoms with Crippen LogP contribution >= 0.6 is 11.3 Å². The fourth-order valence-corrected chi connectivity index (χ4v) is 4.16. The Hall–Kier alpha value is -4.08. The van der Waals surface area contributed by atoms with Crippen LogP contribution in [0.5, 0.6) is 0 Å². The molecule has 3 heterocycles. The molecular weight excluding hydrogens is 390 g/mol. The summed E-state index contributed by atoms with van der Waals surface area (Å²) in [6.45, 7) is 0. The number of fused-ring (bicyclic) bond motifs is 1. The third kappa shape index (κ3) is 3.39. The van der Waals surface area contributed by atoms with Gasteiger partial charge in [-0.1, -0.05) is 30.3 Å². The van der Waals surface area contributed by atoms with Crippen molar-refractivity contribution in [3.63, 3.8) is 0 Å². The highest BCUT2D eigenvalue weighted by Crippen LogP contribution is 2.31. The normalized spacial score (nSPS) is 11.5. The summed E-state index contributed by atoms with van der Waals surface area (Å²) in [5.74, 6) is 0. The lowest BCUT2D eigenvalue weighted by molar-refractivity contribution is 0.884. The molecule has 0 N–H and O–H groups in total. The Morgan fingerprint density at radius 1 is 0.967 bits per heavy atom. The van der Waals surface area contributed by atoms with E-state index >= 15 is 0 Å². The summed E-state index contributed by atoms with van der Waals surface area (Å²) in [7, 11) is 0. The van der Waals surface area contributed by atoms with Gasteiger partial charge >= 0.3 is 0 Å². The molecule has 2 aromatic carbocycles. The van der Waals surface area contributed by atoms with E-state index < -0.39 is 0 Å². The molecule has 0 aliphatic heterocycles.